The number of ether oxygens (including phenoxy) is 1. The zero-order valence-electron chi connectivity index (χ0n) is 12.2. The average Bonchev–Trinajstić information content (AvgIpc) is 2.45. The first-order valence-electron chi connectivity index (χ1n) is 6.97. The summed E-state index contributed by atoms with van der Waals surface area (Å²) in [5.74, 6) is 1.43. The number of nitrogens with two attached hydrogens (primary N) is 1. The maximum Gasteiger partial charge on any atom is 0.131 e. The van der Waals surface area contributed by atoms with Crippen molar-refractivity contribution < 1.29 is 4.74 Å². The Balaban J connectivity index is 2.18. The van der Waals surface area contributed by atoms with Gasteiger partial charge in [0, 0.05) is 16.1 Å². The number of halogens is 2. The van der Waals surface area contributed by atoms with Crippen molar-refractivity contribution in [1.82, 2.24) is 0 Å². The van der Waals surface area contributed by atoms with Gasteiger partial charge in [0.25, 0.3) is 0 Å². The predicted octanol–water partition coefficient (Wildman–Crippen LogP) is 5.37. The maximum absolute atomic E-state index is 6.31. The summed E-state index contributed by atoms with van der Waals surface area (Å²) in [5, 5.41) is 1.32. The van der Waals surface area contributed by atoms with E-state index in [1.165, 1.54) is 0 Å². The molecule has 2 N–H and O–H groups in total. The Hall–Kier alpha value is -1.22. The zero-order valence-corrected chi connectivity index (χ0v) is 13.7. The molecule has 0 spiro atoms. The maximum atomic E-state index is 6.31. The van der Waals surface area contributed by atoms with Gasteiger partial charge in [-0.1, -0.05) is 42.3 Å². The van der Waals surface area contributed by atoms with E-state index in [4.69, 9.17) is 33.7 Å². The van der Waals surface area contributed by atoms with Crippen LogP contribution in [0.5, 0.6) is 11.5 Å². The third-order valence-corrected chi connectivity index (χ3v) is 4.00. The van der Waals surface area contributed by atoms with Gasteiger partial charge in [-0.25, -0.2) is 0 Å². The lowest BCUT2D eigenvalue weighted by molar-refractivity contribution is 0.478. The SMILES string of the molecule is CCC(N)Cc1ccc(Oc2cc(Cl)ccc2C)cc1Cl. The molecule has 21 heavy (non-hydrogen) atoms. The molecule has 0 saturated carbocycles. The van der Waals surface area contributed by atoms with Gasteiger partial charge in [0.05, 0.1) is 0 Å². The second-order valence-electron chi connectivity index (χ2n) is 5.14. The summed E-state index contributed by atoms with van der Waals surface area (Å²) < 4.78 is 5.86. The van der Waals surface area contributed by atoms with Crippen molar-refractivity contribution >= 4 is 23.2 Å². The summed E-state index contributed by atoms with van der Waals surface area (Å²) in [5.41, 5.74) is 8.03. The summed E-state index contributed by atoms with van der Waals surface area (Å²) in [6.45, 7) is 4.04. The second-order valence-corrected chi connectivity index (χ2v) is 5.98. The molecule has 2 nitrogen and oxygen atoms in total. The molecule has 1 atom stereocenters. The van der Waals surface area contributed by atoms with Gasteiger partial charge in [-0.15, -0.1) is 0 Å². The van der Waals surface area contributed by atoms with E-state index in [1.54, 1.807) is 6.07 Å². The summed E-state index contributed by atoms with van der Waals surface area (Å²) in [4.78, 5) is 0. The minimum absolute atomic E-state index is 0.129. The predicted molar refractivity (Wildman–Crippen MR) is 89.7 cm³/mol. The summed E-state index contributed by atoms with van der Waals surface area (Å²) in [6.07, 6.45) is 1.70. The fourth-order valence-electron chi connectivity index (χ4n) is 1.99. The van der Waals surface area contributed by atoms with Crippen LogP contribution in [0.15, 0.2) is 36.4 Å². The summed E-state index contributed by atoms with van der Waals surface area (Å²) >= 11 is 12.3. The molecule has 0 radical (unpaired) electrons. The normalized spacial score (nSPS) is 12.2. The van der Waals surface area contributed by atoms with Crippen LogP contribution in [0.1, 0.15) is 24.5 Å². The summed E-state index contributed by atoms with van der Waals surface area (Å²) in [7, 11) is 0. The molecule has 2 aromatic rings. The van der Waals surface area contributed by atoms with E-state index >= 15 is 0 Å². The Morgan fingerprint density at radius 2 is 1.90 bits per heavy atom. The molecule has 2 rings (SSSR count). The lowest BCUT2D eigenvalue weighted by atomic mass is 10.0. The van der Waals surface area contributed by atoms with Crippen molar-refractivity contribution in [2.24, 2.45) is 5.73 Å². The molecular weight excluding hydrogens is 305 g/mol. The summed E-state index contributed by atoms with van der Waals surface area (Å²) in [6, 6.07) is 11.4. The van der Waals surface area contributed by atoms with Gasteiger partial charge in [-0.3, -0.25) is 0 Å². The molecule has 0 fully saturated rings. The topological polar surface area (TPSA) is 35.2 Å². The molecule has 1 unspecified atom stereocenters. The van der Waals surface area contributed by atoms with Crippen molar-refractivity contribution in [2.45, 2.75) is 32.7 Å². The molecule has 0 bridgehead atoms. The lowest BCUT2D eigenvalue weighted by Gasteiger charge is -2.13. The first kappa shape index (κ1) is 16.2. The first-order valence-corrected chi connectivity index (χ1v) is 7.73. The molecule has 0 saturated heterocycles. The highest BCUT2D eigenvalue weighted by atomic mass is 35.5. The van der Waals surface area contributed by atoms with E-state index in [0.717, 1.165) is 29.7 Å². The van der Waals surface area contributed by atoms with Gasteiger partial charge in [0.2, 0.25) is 0 Å². The number of rotatable bonds is 5. The minimum atomic E-state index is 0.129. The molecule has 4 heteroatoms. The number of hydrogen-bond acceptors (Lipinski definition) is 2. The second kappa shape index (κ2) is 7.17. The molecule has 0 aliphatic rings. The van der Waals surface area contributed by atoms with Crippen LogP contribution < -0.4 is 10.5 Å². The Morgan fingerprint density at radius 3 is 2.57 bits per heavy atom. The van der Waals surface area contributed by atoms with Gasteiger partial charge in [0.15, 0.2) is 0 Å². The van der Waals surface area contributed by atoms with Crippen LogP contribution in [-0.2, 0) is 6.42 Å². The van der Waals surface area contributed by atoms with Crippen LogP contribution in [0, 0.1) is 6.92 Å². The van der Waals surface area contributed by atoms with Crippen molar-refractivity contribution in [1.29, 1.82) is 0 Å². The van der Waals surface area contributed by atoms with Gasteiger partial charge < -0.3 is 10.5 Å². The number of aryl methyl sites for hydroxylation is 1. The van der Waals surface area contributed by atoms with Gasteiger partial charge in [0.1, 0.15) is 11.5 Å². The van der Waals surface area contributed by atoms with Crippen LogP contribution in [0.3, 0.4) is 0 Å². The molecule has 0 heterocycles. The minimum Gasteiger partial charge on any atom is -0.457 e. The molecule has 112 valence electrons. The van der Waals surface area contributed by atoms with Crippen molar-refractivity contribution in [2.75, 3.05) is 0 Å². The molecule has 0 aliphatic heterocycles. The van der Waals surface area contributed by atoms with Crippen molar-refractivity contribution in [3.63, 3.8) is 0 Å². The van der Waals surface area contributed by atoms with Gasteiger partial charge in [-0.05, 0) is 55.2 Å². The van der Waals surface area contributed by atoms with Crippen LogP contribution in [0.4, 0.5) is 0 Å². The fourth-order valence-corrected chi connectivity index (χ4v) is 2.40. The van der Waals surface area contributed by atoms with E-state index in [0.29, 0.717) is 15.8 Å². The number of hydrogen-bond donors (Lipinski definition) is 1. The monoisotopic (exact) mass is 323 g/mol. The van der Waals surface area contributed by atoms with Crippen LogP contribution >= 0.6 is 23.2 Å². The molecule has 0 aliphatic carbocycles. The third kappa shape index (κ3) is 4.37. The fraction of sp³-hybridized carbons (Fsp3) is 0.294. The van der Waals surface area contributed by atoms with E-state index in [9.17, 15) is 0 Å². The Morgan fingerprint density at radius 1 is 1.14 bits per heavy atom. The molecule has 0 aromatic heterocycles. The number of benzene rings is 2. The van der Waals surface area contributed by atoms with E-state index < -0.39 is 0 Å². The molecule has 2 aromatic carbocycles. The lowest BCUT2D eigenvalue weighted by Crippen LogP contribution is -2.21. The van der Waals surface area contributed by atoms with Gasteiger partial charge >= 0.3 is 0 Å². The van der Waals surface area contributed by atoms with E-state index in [-0.39, 0.29) is 6.04 Å². The highest BCUT2D eigenvalue weighted by Crippen LogP contribution is 2.30. The van der Waals surface area contributed by atoms with E-state index in [2.05, 4.69) is 6.92 Å². The molecule has 0 amide bonds. The standard InChI is InChI=1S/C17H19Cl2NO/c1-3-14(20)8-12-5-7-15(10-16(12)19)21-17-9-13(18)6-4-11(17)2/h4-7,9-10,14H,3,8,20H2,1-2H3. The first-order chi connectivity index (χ1) is 9.99. The Bertz CT molecular complexity index is 628. The third-order valence-electron chi connectivity index (χ3n) is 3.41. The zero-order chi connectivity index (χ0) is 15.4. The highest BCUT2D eigenvalue weighted by Gasteiger charge is 2.08. The van der Waals surface area contributed by atoms with Crippen molar-refractivity contribution in [3.8, 4) is 11.5 Å². The largest absolute Gasteiger partial charge is 0.457 e. The highest BCUT2D eigenvalue weighted by molar-refractivity contribution is 6.31. The van der Waals surface area contributed by atoms with Gasteiger partial charge in [-0.2, -0.15) is 0 Å². The van der Waals surface area contributed by atoms with Crippen LogP contribution in [-0.4, -0.2) is 6.04 Å². The van der Waals surface area contributed by atoms with Crippen molar-refractivity contribution in [3.05, 3.63) is 57.6 Å². The smallest absolute Gasteiger partial charge is 0.131 e. The van der Waals surface area contributed by atoms with E-state index in [1.807, 2.05) is 37.3 Å². The van der Waals surface area contributed by atoms with Crippen LogP contribution in [0.25, 0.3) is 0 Å². The van der Waals surface area contributed by atoms with Crippen LogP contribution in [0.2, 0.25) is 10.0 Å². The average molecular weight is 324 g/mol. The Kier molecular flexibility index (Phi) is 5.51. The molecular formula is C17H19Cl2NO. The quantitative estimate of drug-likeness (QED) is 0.802. The Labute approximate surface area is 135 Å².